The molecule has 0 heterocycles. The van der Waals surface area contributed by atoms with E-state index in [0.29, 0.717) is 22.2 Å². The molecule has 0 atom stereocenters. The number of nitrogens with zero attached hydrogens (tertiary/aromatic N) is 1. The van der Waals surface area contributed by atoms with Crippen molar-refractivity contribution in [1.82, 2.24) is 5.32 Å². The van der Waals surface area contributed by atoms with E-state index in [1.807, 2.05) is 6.92 Å². The summed E-state index contributed by atoms with van der Waals surface area (Å²) in [6.45, 7) is 5.39. The number of nitrogens with two attached hydrogens (primary N) is 1. The van der Waals surface area contributed by atoms with Crippen LogP contribution in [-0.4, -0.2) is 18.4 Å². The first-order chi connectivity index (χ1) is 9.56. The summed E-state index contributed by atoms with van der Waals surface area (Å²) in [7, 11) is 1.59. The number of aliphatic imine (C=N–C) groups is 1. The number of benzene rings is 1. The lowest BCUT2D eigenvalue weighted by Gasteiger charge is -2.13. The molecule has 0 bridgehead atoms. The summed E-state index contributed by atoms with van der Waals surface area (Å²) >= 11 is 5.21. The molecule has 0 aliphatic heterocycles. The summed E-state index contributed by atoms with van der Waals surface area (Å²) in [6.07, 6.45) is 4.83. The van der Waals surface area contributed by atoms with Gasteiger partial charge in [-0.25, -0.2) is 0 Å². The van der Waals surface area contributed by atoms with Crippen LogP contribution in [0.4, 0.5) is 11.4 Å². The van der Waals surface area contributed by atoms with Crippen molar-refractivity contribution in [3.8, 4) is 5.75 Å². The average molecular weight is 290 g/mol. The number of ether oxygens (including phenoxy) is 1. The Morgan fingerprint density at radius 2 is 2.25 bits per heavy atom. The number of anilines is 2. The van der Waals surface area contributed by atoms with Gasteiger partial charge in [0.15, 0.2) is 5.11 Å². The summed E-state index contributed by atoms with van der Waals surface area (Å²) in [5, 5.41) is 6.45. The number of thiocarbonyl (C=S) groups is 1. The Bertz CT molecular complexity index is 552. The van der Waals surface area contributed by atoms with Gasteiger partial charge in [0.25, 0.3) is 0 Å². The molecule has 6 heteroatoms. The van der Waals surface area contributed by atoms with Crippen LogP contribution in [-0.2, 0) is 0 Å². The SMILES string of the molecule is C=CC=N/C=C(\C)NC(=S)Nc1cc(N)ccc1OC. The molecule has 0 saturated carbocycles. The van der Waals surface area contributed by atoms with E-state index in [-0.39, 0.29) is 0 Å². The number of hydrogen-bond acceptors (Lipinski definition) is 4. The van der Waals surface area contributed by atoms with Crippen molar-refractivity contribution < 1.29 is 4.74 Å². The van der Waals surface area contributed by atoms with E-state index >= 15 is 0 Å². The second kappa shape index (κ2) is 7.96. The second-order valence-corrected chi connectivity index (χ2v) is 4.29. The highest BCUT2D eigenvalue weighted by Gasteiger charge is 2.05. The maximum Gasteiger partial charge on any atom is 0.175 e. The van der Waals surface area contributed by atoms with Gasteiger partial charge in [0.2, 0.25) is 0 Å². The summed E-state index contributed by atoms with van der Waals surface area (Å²) in [4.78, 5) is 4.00. The molecular weight excluding hydrogens is 272 g/mol. The largest absolute Gasteiger partial charge is 0.495 e. The molecule has 0 aliphatic carbocycles. The van der Waals surface area contributed by atoms with Crippen LogP contribution < -0.4 is 21.1 Å². The smallest absolute Gasteiger partial charge is 0.175 e. The van der Waals surface area contributed by atoms with Gasteiger partial charge in [0, 0.05) is 23.8 Å². The van der Waals surface area contributed by atoms with Gasteiger partial charge in [-0.15, -0.1) is 0 Å². The van der Waals surface area contributed by atoms with Crippen molar-refractivity contribution in [3.05, 3.63) is 42.8 Å². The van der Waals surface area contributed by atoms with E-state index in [2.05, 4.69) is 22.2 Å². The van der Waals surface area contributed by atoms with Crippen LogP contribution in [0, 0.1) is 0 Å². The lowest BCUT2D eigenvalue weighted by molar-refractivity contribution is 0.417. The fourth-order valence-corrected chi connectivity index (χ4v) is 1.67. The first kappa shape index (κ1) is 15.7. The second-order valence-electron chi connectivity index (χ2n) is 3.88. The topological polar surface area (TPSA) is 71.7 Å². The Morgan fingerprint density at radius 1 is 1.50 bits per heavy atom. The third-order valence-electron chi connectivity index (χ3n) is 2.24. The van der Waals surface area contributed by atoms with Gasteiger partial charge in [-0.1, -0.05) is 12.7 Å². The normalized spacial score (nSPS) is 11.2. The van der Waals surface area contributed by atoms with Crippen LogP contribution >= 0.6 is 12.2 Å². The molecule has 5 nitrogen and oxygen atoms in total. The summed E-state index contributed by atoms with van der Waals surface area (Å²) in [5.41, 5.74) is 7.86. The monoisotopic (exact) mass is 290 g/mol. The van der Waals surface area contributed by atoms with Gasteiger partial charge in [-0.05, 0) is 37.3 Å². The molecule has 0 aliphatic rings. The number of hydrogen-bond donors (Lipinski definition) is 3. The predicted octanol–water partition coefficient (Wildman–Crippen LogP) is 2.68. The molecule has 0 fully saturated rings. The summed E-state index contributed by atoms with van der Waals surface area (Å²) < 4.78 is 5.23. The third-order valence-corrected chi connectivity index (χ3v) is 2.45. The predicted molar refractivity (Wildman–Crippen MR) is 89.2 cm³/mol. The third kappa shape index (κ3) is 5.11. The van der Waals surface area contributed by atoms with Crippen molar-refractivity contribution in [2.75, 3.05) is 18.2 Å². The fraction of sp³-hybridized carbons (Fsp3) is 0.143. The Kier molecular flexibility index (Phi) is 6.25. The Labute approximate surface area is 124 Å². The average Bonchev–Trinajstić information content (AvgIpc) is 2.39. The zero-order chi connectivity index (χ0) is 15.0. The lowest BCUT2D eigenvalue weighted by atomic mass is 10.2. The van der Waals surface area contributed by atoms with Crippen molar-refractivity contribution >= 4 is 34.9 Å². The van der Waals surface area contributed by atoms with E-state index in [1.165, 1.54) is 0 Å². The maximum absolute atomic E-state index is 5.74. The number of allylic oxidation sites excluding steroid dienone is 2. The van der Waals surface area contributed by atoms with Crippen molar-refractivity contribution in [1.29, 1.82) is 0 Å². The molecule has 106 valence electrons. The summed E-state index contributed by atoms with van der Waals surface area (Å²) in [6, 6.07) is 5.29. The molecule has 0 amide bonds. The summed E-state index contributed by atoms with van der Waals surface area (Å²) in [5.74, 6) is 0.662. The Balaban J connectivity index is 2.71. The zero-order valence-electron chi connectivity index (χ0n) is 11.5. The minimum absolute atomic E-state index is 0.427. The first-order valence-electron chi connectivity index (χ1n) is 5.89. The van der Waals surface area contributed by atoms with Gasteiger partial charge in [-0.3, -0.25) is 4.99 Å². The highest BCUT2D eigenvalue weighted by Crippen LogP contribution is 2.26. The van der Waals surface area contributed by atoms with Gasteiger partial charge >= 0.3 is 0 Å². The molecule has 1 aromatic rings. The molecular formula is C14H18N4OS. The van der Waals surface area contributed by atoms with Crippen LogP contribution in [0.1, 0.15) is 6.92 Å². The molecule has 0 radical (unpaired) electrons. The standard InChI is InChI=1S/C14H18N4OS/c1-4-7-16-9-10(2)17-14(20)18-12-8-11(15)5-6-13(12)19-3/h4-9H,1,15H2,2-3H3,(H2,17,18,20)/b10-9+,16-7?. The van der Waals surface area contributed by atoms with Crippen LogP contribution in [0.25, 0.3) is 0 Å². The highest BCUT2D eigenvalue weighted by atomic mass is 32.1. The van der Waals surface area contributed by atoms with Crippen LogP contribution in [0.3, 0.4) is 0 Å². The molecule has 0 aromatic heterocycles. The lowest BCUT2D eigenvalue weighted by Crippen LogP contribution is -2.27. The van der Waals surface area contributed by atoms with E-state index in [1.54, 1.807) is 43.8 Å². The fourth-order valence-electron chi connectivity index (χ4n) is 1.40. The molecule has 1 aromatic carbocycles. The molecule has 0 unspecified atom stereocenters. The van der Waals surface area contributed by atoms with Gasteiger partial charge in [0.05, 0.1) is 12.8 Å². The van der Waals surface area contributed by atoms with Crippen molar-refractivity contribution in [2.24, 2.45) is 4.99 Å². The van der Waals surface area contributed by atoms with E-state index in [9.17, 15) is 0 Å². The Morgan fingerprint density at radius 3 is 2.90 bits per heavy atom. The number of nitrogens with one attached hydrogen (secondary N) is 2. The van der Waals surface area contributed by atoms with Crippen molar-refractivity contribution in [2.45, 2.75) is 6.92 Å². The van der Waals surface area contributed by atoms with E-state index in [4.69, 9.17) is 22.7 Å². The number of rotatable bonds is 5. The van der Waals surface area contributed by atoms with Crippen LogP contribution in [0.5, 0.6) is 5.75 Å². The first-order valence-corrected chi connectivity index (χ1v) is 6.30. The molecule has 4 N–H and O–H groups in total. The van der Waals surface area contributed by atoms with Gasteiger partial charge < -0.3 is 21.1 Å². The quantitative estimate of drug-likeness (QED) is 0.442. The van der Waals surface area contributed by atoms with Crippen LogP contribution in [0.2, 0.25) is 0 Å². The molecule has 0 saturated heterocycles. The van der Waals surface area contributed by atoms with Crippen LogP contribution in [0.15, 0.2) is 47.7 Å². The number of nitrogen functional groups attached to an aromatic ring is 1. The zero-order valence-corrected chi connectivity index (χ0v) is 12.3. The minimum Gasteiger partial charge on any atom is -0.495 e. The molecule has 20 heavy (non-hydrogen) atoms. The number of methoxy groups -OCH3 is 1. The minimum atomic E-state index is 0.427. The van der Waals surface area contributed by atoms with Gasteiger partial charge in [0.1, 0.15) is 5.75 Å². The van der Waals surface area contributed by atoms with Crippen molar-refractivity contribution in [3.63, 3.8) is 0 Å². The molecule has 0 spiro atoms. The van der Waals surface area contributed by atoms with E-state index < -0.39 is 0 Å². The maximum atomic E-state index is 5.74. The Hall–Kier alpha value is -2.34. The highest BCUT2D eigenvalue weighted by molar-refractivity contribution is 7.80. The van der Waals surface area contributed by atoms with Gasteiger partial charge in [-0.2, -0.15) is 0 Å². The molecule has 1 rings (SSSR count). The van der Waals surface area contributed by atoms with E-state index in [0.717, 1.165) is 5.70 Å².